The number of hydrogen-bond donors (Lipinski definition) is 2. The number of pyridine rings is 1. The van der Waals surface area contributed by atoms with Gasteiger partial charge in [0, 0.05) is 12.2 Å². The first-order valence-electron chi connectivity index (χ1n) is 7.57. The minimum Gasteiger partial charge on any atom is -0.477 e. The third-order valence-corrected chi connectivity index (χ3v) is 5.08. The Labute approximate surface area is 148 Å². The van der Waals surface area contributed by atoms with Gasteiger partial charge < -0.3 is 15.4 Å². The molecule has 0 spiro atoms. The molecule has 0 saturated heterocycles. The first-order valence-corrected chi connectivity index (χ1v) is 8.45. The van der Waals surface area contributed by atoms with Crippen LogP contribution in [0.4, 0.5) is 8.78 Å². The average molecular weight is 379 g/mol. The number of aromatic nitrogens is 1. The molecule has 134 valence electrons. The Bertz CT molecular complexity index is 1080. The van der Waals surface area contributed by atoms with Gasteiger partial charge >= 0.3 is 5.97 Å². The van der Waals surface area contributed by atoms with Crippen molar-refractivity contribution in [2.24, 2.45) is 21.0 Å². The highest BCUT2D eigenvalue weighted by Gasteiger charge is 2.30. The molecule has 2 aromatic rings. The number of nitrogens with two attached hydrogens (primary N) is 1. The first-order chi connectivity index (χ1) is 12.4. The van der Waals surface area contributed by atoms with Gasteiger partial charge in [0.2, 0.25) is 16.9 Å². The van der Waals surface area contributed by atoms with Crippen molar-refractivity contribution in [3.8, 4) is 0 Å². The summed E-state index contributed by atoms with van der Waals surface area (Å²) in [5.74, 6) is -3.49. The fourth-order valence-electron chi connectivity index (χ4n) is 2.75. The zero-order valence-electron chi connectivity index (χ0n) is 13.0. The minimum atomic E-state index is -1.44. The molecule has 0 amide bonds. The summed E-state index contributed by atoms with van der Waals surface area (Å²) in [4.78, 5) is 27.1. The molecule has 1 unspecified atom stereocenters. The van der Waals surface area contributed by atoms with Gasteiger partial charge in [-0.3, -0.25) is 4.79 Å². The summed E-state index contributed by atoms with van der Waals surface area (Å²) in [5, 5.41) is 16.1. The minimum absolute atomic E-state index is 0.0925. The van der Waals surface area contributed by atoms with Crippen molar-refractivity contribution >= 4 is 34.6 Å². The summed E-state index contributed by atoms with van der Waals surface area (Å²) < 4.78 is 31.0. The van der Waals surface area contributed by atoms with Gasteiger partial charge in [0.25, 0.3) is 0 Å². The van der Waals surface area contributed by atoms with Crippen molar-refractivity contribution in [2.75, 3.05) is 0 Å². The molecule has 2 aliphatic rings. The van der Waals surface area contributed by atoms with Crippen LogP contribution in [0.15, 0.2) is 37.2 Å². The van der Waals surface area contributed by atoms with E-state index in [1.165, 1.54) is 4.57 Å². The molecule has 11 heteroatoms. The van der Waals surface area contributed by atoms with Gasteiger partial charge in [-0.25, -0.2) is 18.6 Å². The number of azo groups is 1. The summed E-state index contributed by atoms with van der Waals surface area (Å²) in [6.45, 7) is 0. The lowest BCUT2D eigenvalue weighted by molar-refractivity contribution is 0.0694. The standard InChI is InChI=1S/C15H11F2N5O3S/c16-8-3-6-10(9(17)12(8)26-15-19-14(18)20-21-15)22(5-1-2-5)4-7(11(6)23)13(24)25/h3-5,15H,1-2H2,(H2,18,19)(H,24,25). The number of guanidine groups is 1. The molecule has 0 bridgehead atoms. The second-order valence-corrected chi connectivity index (χ2v) is 6.93. The number of nitrogens with zero attached hydrogens (tertiary/aromatic N) is 4. The van der Waals surface area contributed by atoms with E-state index in [2.05, 4.69) is 15.2 Å². The highest BCUT2D eigenvalue weighted by molar-refractivity contribution is 8.00. The molecule has 1 atom stereocenters. The molecule has 3 N–H and O–H groups in total. The quantitative estimate of drug-likeness (QED) is 0.845. The number of carbonyl (C=O) groups is 1. The van der Waals surface area contributed by atoms with Crippen molar-refractivity contribution in [3.63, 3.8) is 0 Å². The van der Waals surface area contributed by atoms with E-state index in [4.69, 9.17) is 5.73 Å². The Morgan fingerprint density at radius 1 is 1.38 bits per heavy atom. The zero-order chi connectivity index (χ0) is 18.6. The van der Waals surface area contributed by atoms with Gasteiger partial charge in [0.05, 0.1) is 15.8 Å². The molecule has 0 radical (unpaired) electrons. The van der Waals surface area contributed by atoms with Crippen LogP contribution in [0, 0.1) is 11.6 Å². The zero-order valence-corrected chi connectivity index (χ0v) is 13.8. The number of carboxylic acids is 1. The smallest absolute Gasteiger partial charge is 0.341 e. The fourth-order valence-corrected chi connectivity index (χ4v) is 3.59. The lowest BCUT2D eigenvalue weighted by Gasteiger charge is -2.15. The van der Waals surface area contributed by atoms with Crippen LogP contribution in [-0.4, -0.2) is 27.1 Å². The van der Waals surface area contributed by atoms with Crippen molar-refractivity contribution in [1.29, 1.82) is 0 Å². The number of fused-ring (bicyclic) bond motifs is 1. The maximum atomic E-state index is 15.1. The van der Waals surface area contributed by atoms with E-state index in [9.17, 15) is 19.1 Å². The molecule has 1 saturated carbocycles. The van der Waals surface area contributed by atoms with E-state index < -0.39 is 34.1 Å². The van der Waals surface area contributed by atoms with Crippen LogP contribution >= 0.6 is 11.8 Å². The van der Waals surface area contributed by atoms with E-state index in [0.29, 0.717) is 24.6 Å². The van der Waals surface area contributed by atoms with Gasteiger partial charge in [0.15, 0.2) is 5.82 Å². The molecule has 1 aromatic heterocycles. The number of thioether (sulfide) groups is 1. The number of benzene rings is 1. The molecule has 26 heavy (non-hydrogen) atoms. The summed E-state index contributed by atoms with van der Waals surface area (Å²) in [5.41, 5.74) is 2.87. The van der Waals surface area contributed by atoms with Crippen molar-refractivity contribution < 1.29 is 18.7 Å². The highest BCUT2D eigenvalue weighted by Crippen LogP contribution is 2.40. The number of carboxylic acid groups (broad SMARTS) is 1. The molecule has 1 fully saturated rings. The third-order valence-electron chi connectivity index (χ3n) is 4.06. The van der Waals surface area contributed by atoms with Gasteiger partial charge in [-0.2, -0.15) is 0 Å². The molecular formula is C15H11F2N5O3S. The van der Waals surface area contributed by atoms with Crippen molar-refractivity contribution in [2.45, 2.75) is 29.3 Å². The topological polar surface area (TPSA) is 122 Å². The van der Waals surface area contributed by atoms with E-state index in [1.54, 1.807) is 0 Å². The predicted molar refractivity (Wildman–Crippen MR) is 89.5 cm³/mol. The summed E-state index contributed by atoms with van der Waals surface area (Å²) in [6, 6.07) is 0.724. The number of halogens is 2. The Morgan fingerprint density at radius 3 is 2.69 bits per heavy atom. The lowest BCUT2D eigenvalue weighted by atomic mass is 10.1. The Morgan fingerprint density at radius 2 is 2.12 bits per heavy atom. The summed E-state index contributed by atoms with van der Waals surface area (Å²) >= 11 is 0.671. The monoisotopic (exact) mass is 379 g/mol. The third kappa shape index (κ3) is 2.64. The number of hydrogen-bond acceptors (Lipinski definition) is 7. The molecule has 1 aromatic carbocycles. The SMILES string of the molecule is NC1=NC(Sc2c(F)cc3c(=O)c(C(=O)O)cn(C4CC4)c3c2F)N=N1. The Kier molecular flexibility index (Phi) is 3.75. The maximum absolute atomic E-state index is 15.1. The van der Waals surface area contributed by atoms with Crippen LogP contribution in [0.3, 0.4) is 0 Å². The summed E-state index contributed by atoms with van der Waals surface area (Å²) in [7, 11) is 0. The Hall–Kier alpha value is -2.82. The van der Waals surface area contributed by atoms with Crippen LogP contribution in [-0.2, 0) is 0 Å². The lowest BCUT2D eigenvalue weighted by Crippen LogP contribution is -2.20. The number of aromatic carboxylic acids is 1. The highest BCUT2D eigenvalue weighted by atomic mass is 32.2. The summed E-state index contributed by atoms with van der Waals surface area (Å²) in [6.07, 6.45) is 2.55. The van der Waals surface area contributed by atoms with E-state index in [1.807, 2.05) is 0 Å². The van der Waals surface area contributed by atoms with Gasteiger partial charge in [-0.15, -0.1) is 10.2 Å². The van der Waals surface area contributed by atoms with Crippen LogP contribution < -0.4 is 11.2 Å². The molecule has 1 aliphatic heterocycles. The molecule has 1 aliphatic carbocycles. The van der Waals surface area contributed by atoms with E-state index in [-0.39, 0.29) is 27.8 Å². The molecule has 4 rings (SSSR count). The van der Waals surface area contributed by atoms with Crippen molar-refractivity contribution in [1.82, 2.24) is 4.57 Å². The van der Waals surface area contributed by atoms with Crippen LogP contribution in [0.5, 0.6) is 0 Å². The normalized spacial score (nSPS) is 19.2. The maximum Gasteiger partial charge on any atom is 0.341 e. The average Bonchev–Trinajstić information content (AvgIpc) is 3.34. The van der Waals surface area contributed by atoms with Gasteiger partial charge in [-0.05, 0) is 18.9 Å². The molecular weight excluding hydrogens is 368 g/mol. The van der Waals surface area contributed by atoms with Crippen LogP contribution in [0.2, 0.25) is 0 Å². The largest absolute Gasteiger partial charge is 0.477 e. The van der Waals surface area contributed by atoms with Crippen LogP contribution in [0.25, 0.3) is 10.9 Å². The molecule has 8 nitrogen and oxygen atoms in total. The number of rotatable bonds is 4. The van der Waals surface area contributed by atoms with E-state index in [0.717, 1.165) is 12.3 Å². The molecule has 2 heterocycles. The van der Waals surface area contributed by atoms with Gasteiger partial charge in [-0.1, -0.05) is 11.8 Å². The second kappa shape index (κ2) is 5.87. The van der Waals surface area contributed by atoms with Crippen LogP contribution in [0.1, 0.15) is 29.2 Å². The van der Waals surface area contributed by atoms with E-state index >= 15 is 4.39 Å². The van der Waals surface area contributed by atoms with Gasteiger partial charge in [0.1, 0.15) is 11.4 Å². The fraction of sp³-hybridized carbons (Fsp3) is 0.267. The first kappa shape index (κ1) is 16.6. The predicted octanol–water partition coefficient (Wildman–Crippen LogP) is 2.47. The Balaban J connectivity index is 1.95. The van der Waals surface area contributed by atoms with Crippen molar-refractivity contribution in [3.05, 3.63) is 39.7 Å². The second-order valence-electron chi connectivity index (χ2n) is 5.86. The number of aliphatic imine (C=N–C) groups is 1.